The van der Waals surface area contributed by atoms with E-state index < -0.39 is 10.0 Å². The highest BCUT2D eigenvalue weighted by Gasteiger charge is 2.06. The van der Waals surface area contributed by atoms with Crippen LogP contribution in [0.25, 0.3) is 0 Å². The fraction of sp³-hybridized carbons (Fsp3) is 0.286. The minimum absolute atomic E-state index is 0.00389. The van der Waals surface area contributed by atoms with E-state index in [1.165, 1.54) is 18.3 Å². The van der Waals surface area contributed by atoms with E-state index in [0.717, 1.165) is 0 Å². The van der Waals surface area contributed by atoms with Crippen molar-refractivity contribution in [2.45, 2.75) is 4.90 Å². The van der Waals surface area contributed by atoms with Crippen molar-refractivity contribution in [3.63, 3.8) is 0 Å². The van der Waals surface area contributed by atoms with Gasteiger partial charge in [0.1, 0.15) is 10.7 Å². The molecule has 0 amide bonds. The molecule has 14 heavy (non-hydrogen) atoms. The Kier molecular flexibility index (Phi) is 3.39. The van der Waals surface area contributed by atoms with Crippen molar-refractivity contribution < 1.29 is 8.42 Å². The van der Waals surface area contributed by atoms with Gasteiger partial charge >= 0.3 is 0 Å². The molecule has 0 spiro atoms. The van der Waals surface area contributed by atoms with Gasteiger partial charge < -0.3 is 11.1 Å². The zero-order valence-electron chi connectivity index (χ0n) is 7.47. The average molecular weight is 216 g/mol. The largest absolute Gasteiger partial charge is 0.369 e. The Morgan fingerprint density at radius 3 is 2.57 bits per heavy atom. The Morgan fingerprint density at radius 1 is 1.43 bits per heavy atom. The summed E-state index contributed by atoms with van der Waals surface area (Å²) >= 11 is 0. The second-order valence-electron chi connectivity index (χ2n) is 2.64. The van der Waals surface area contributed by atoms with Gasteiger partial charge in [-0.05, 0) is 12.1 Å². The molecule has 0 saturated carbocycles. The van der Waals surface area contributed by atoms with Crippen LogP contribution < -0.4 is 16.2 Å². The van der Waals surface area contributed by atoms with Crippen LogP contribution in [0.4, 0.5) is 5.82 Å². The number of nitrogens with one attached hydrogen (secondary N) is 1. The maximum Gasteiger partial charge on any atom is 0.239 e. The van der Waals surface area contributed by atoms with Crippen LogP contribution in [-0.4, -0.2) is 26.5 Å². The number of primary sulfonamides is 1. The van der Waals surface area contributed by atoms with Gasteiger partial charge in [-0.25, -0.2) is 18.5 Å². The van der Waals surface area contributed by atoms with Crippen LogP contribution in [0.1, 0.15) is 0 Å². The summed E-state index contributed by atoms with van der Waals surface area (Å²) in [5.41, 5.74) is 5.27. The fourth-order valence-corrected chi connectivity index (χ4v) is 1.31. The monoisotopic (exact) mass is 216 g/mol. The van der Waals surface area contributed by atoms with Crippen LogP contribution >= 0.6 is 0 Å². The molecular formula is C7H12N4O2S. The molecule has 0 atom stereocenters. The van der Waals surface area contributed by atoms with Crippen LogP contribution in [0.3, 0.4) is 0 Å². The van der Waals surface area contributed by atoms with Gasteiger partial charge in [0.2, 0.25) is 10.0 Å². The third-order valence-corrected chi connectivity index (χ3v) is 2.41. The molecule has 0 aliphatic heterocycles. The minimum Gasteiger partial charge on any atom is -0.369 e. The van der Waals surface area contributed by atoms with Gasteiger partial charge in [-0.1, -0.05) is 0 Å². The molecule has 1 rings (SSSR count). The Morgan fingerprint density at radius 2 is 2.14 bits per heavy atom. The van der Waals surface area contributed by atoms with Crippen molar-refractivity contribution in [1.82, 2.24) is 4.98 Å². The van der Waals surface area contributed by atoms with Crippen molar-refractivity contribution in [3.05, 3.63) is 18.3 Å². The van der Waals surface area contributed by atoms with Crippen molar-refractivity contribution in [1.29, 1.82) is 0 Å². The van der Waals surface area contributed by atoms with Gasteiger partial charge in [0, 0.05) is 19.3 Å². The van der Waals surface area contributed by atoms with Crippen molar-refractivity contribution >= 4 is 15.8 Å². The van der Waals surface area contributed by atoms with Gasteiger partial charge in [-0.2, -0.15) is 0 Å². The van der Waals surface area contributed by atoms with Gasteiger partial charge in [0.05, 0.1) is 0 Å². The smallest absolute Gasteiger partial charge is 0.239 e. The molecule has 0 aliphatic rings. The second-order valence-corrected chi connectivity index (χ2v) is 4.20. The zero-order valence-corrected chi connectivity index (χ0v) is 8.29. The molecule has 1 aromatic heterocycles. The number of sulfonamides is 1. The molecular weight excluding hydrogens is 204 g/mol. The van der Waals surface area contributed by atoms with E-state index in [2.05, 4.69) is 10.3 Å². The lowest BCUT2D eigenvalue weighted by molar-refractivity contribution is 0.597. The normalized spacial score (nSPS) is 11.3. The second kappa shape index (κ2) is 4.36. The summed E-state index contributed by atoms with van der Waals surface area (Å²) in [6.07, 6.45) is 1.20. The summed E-state index contributed by atoms with van der Waals surface area (Å²) in [6.45, 7) is 1.07. The number of hydrogen-bond acceptors (Lipinski definition) is 5. The van der Waals surface area contributed by atoms with Crippen LogP contribution in [0, 0.1) is 0 Å². The number of nitrogens with two attached hydrogens (primary N) is 2. The minimum atomic E-state index is -3.66. The lowest BCUT2D eigenvalue weighted by Crippen LogP contribution is -2.15. The van der Waals surface area contributed by atoms with Crippen molar-refractivity contribution in [2.75, 3.05) is 18.4 Å². The maximum absolute atomic E-state index is 10.9. The van der Waals surface area contributed by atoms with E-state index in [-0.39, 0.29) is 4.90 Å². The Balaban J connectivity index is 2.79. The Bertz CT molecular complexity index is 387. The number of pyridine rings is 1. The summed E-state index contributed by atoms with van der Waals surface area (Å²) in [5, 5.41) is 7.80. The predicted molar refractivity (Wildman–Crippen MR) is 53.2 cm³/mol. The first kappa shape index (κ1) is 10.9. The van der Waals surface area contributed by atoms with E-state index in [0.29, 0.717) is 18.9 Å². The Labute approximate surface area is 82.4 Å². The van der Waals surface area contributed by atoms with E-state index in [1.54, 1.807) is 0 Å². The van der Waals surface area contributed by atoms with E-state index in [4.69, 9.17) is 10.9 Å². The molecule has 0 unspecified atom stereocenters. The average Bonchev–Trinajstić information content (AvgIpc) is 2.14. The van der Waals surface area contributed by atoms with Gasteiger partial charge in [0.15, 0.2) is 0 Å². The van der Waals surface area contributed by atoms with Crippen LogP contribution in [0.2, 0.25) is 0 Å². The molecule has 0 bridgehead atoms. The number of hydrogen-bond donors (Lipinski definition) is 3. The maximum atomic E-state index is 10.9. The molecule has 5 N–H and O–H groups in total. The summed E-state index contributed by atoms with van der Waals surface area (Å²) in [7, 11) is -3.66. The lowest BCUT2D eigenvalue weighted by Gasteiger charge is -2.03. The first-order chi connectivity index (χ1) is 6.54. The number of aromatic nitrogens is 1. The lowest BCUT2D eigenvalue weighted by atomic mass is 10.4. The van der Waals surface area contributed by atoms with Gasteiger partial charge in [-0.3, -0.25) is 0 Å². The molecule has 6 nitrogen and oxygen atoms in total. The number of anilines is 1. The third kappa shape index (κ3) is 2.95. The number of rotatable bonds is 4. The molecule has 0 aliphatic carbocycles. The number of nitrogens with zero attached hydrogens (tertiary/aromatic N) is 1. The predicted octanol–water partition coefficient (Wildman–Crippen LogP) is -0.900. The highest BCUT2D eigenvalue weighted by atomic mass is 32.2. The van der Waals surface area contributed by atoms with Gasteiger partial charge in [0.25, 0.3) is 0 Å². The quantitative estimate of drug-likeness (QED) is 0.604. The standard InChI is InChI=1S/C7H12N4O2S/c8-3-4-10-7-2-1-6(5-11-7)14(9,12)13/h1-2,5H,3-4,8H2,(H,10,11)(H2,9,12,13). The SMILES string of the molecule is NCCNc1ccc(S(N)(=O)=O)cn1. The van der Waals surface area contributed by atoms with Crippen molar-refractivity contribution in [3.8, 4) is 0 Å². The first-order valence-electron chi connectivity index (χ1n) is 3.97. The molecule has 0 saturated heterocycles. The summed E-state index contributed by atoms with van der Waals surface area (Å²) in [5.74, 6) is 0.572. The van der Waals surface area contributed by atoms with E-state index >= 15 is 0 Å². The molecule has 7 heteroatoms. The first-order valence-corrected chi connectivity index (χ1v) is 5.51. The molecule has 0 fully saturated rings. The Hall–Kier alpha value is -1.18. The van der Waals surface area contributed by atoms with E-state index in [9.17, 15) is 8.42 Å². The summed E-state index contributed by atoms with van der Waals surface area (Å²) in [6, 6.07) is 2.93. The van der Waals surface area contributed by atoms with Crippen LogP contribution in [0.5, 0.6) is 0 Å². The molecule has 78 valence electrons. The molecule has 1 aromatic rings. The summed E-state index contributed by atoms with van der Waals surface area (Å²) < 4.78 is 21.7. The highest BCUT2D eigenvalue weighted by molar-refractivity contribution is 7.89. The summed E-state index contributed by atoms with van der Waals surface area (Å²) in [4.78, 5) is 3.85. The topological polar surface area (TPSA) is 111 Å². The fourth-order valence-electron chi connectivity index (χ4n) is 0.853. The van der Waals surface area contributed by atoms with E-state index in [1.807, 2.05) is 0 Å². The molecule has 0 aromatic carbocycles. The zero-order chi connectivity index (χ0) is 10.6. The van der Waals surface area contributed by atoms with Crippen LogP contribution in [-0.2, 0) is 10.0 Å². The van der Waals surface area contributed by atoms with Crippen molar-refractivity contribution in [2.24, 2.45) is 10.9 Å². The molecule has 1 heterocycles. The van der Waals surface area contributed by atoms with Crippen LogP contribution in [0.15, 0.2) is 23.2 Å². The highest BCUT2D eigenvalue weighted by Crippen LogP contribution is 2.07. The third-order valence-electron chi connectivity index (χ3n) is 1.52. The van der Waals surface area contributed by atoms with Gasteiger partial charge in [-0.15, -0.1) is 0 Å². The molecule has 0 radical (unpaired) electrons.